The Morgan fingerprint density at radius 3 is 2.18 bits per heavy atom. The van der Waals surface area contributed by atoms with E-state index in [1.54, 1.807) is 0 Å². The standard InChI is InChI=1S/C5H9NO4.K.H/c6-3(5(9)10)1-2-4(7)8;;/h3H,1-2,6H2,(H,7,8)(H,9,10);;/q;+1;-1. The Bertz CT molecular complexity index is 154. The smallest absolute Gasteiger partial charge is 1.00 e. The molecule has 60 valence electrons. The Morgan fingerprint density at radius 2 is 1.91 bits per heavy atom. The van der Waals surface area contributed by atoms with E-state index in [0.717, 1.165) is 0 Å². The van der Waals surface area contributed by atoms with Gasteiger partial charge >= 0.3 is 63.3 Å². The van der Waals surface area contributed by atoms with Crippen molar-refractivity contribution in [1.82, 2.24) is 0 Å². The minimum atomic E-state index is -1.17. The third kappa shape index (κ3) is 8.44. The summed E-state index contributed by atoms with van der Waals surface area (Å²) in [5, 5.41) is 16.3. The van der Waals surface area contributed by atoms with Gasteiger partial charge in [-0.15, -0.1) is 0 Å². The zero-order chi connectivity index (χ0) is 8.15. The van der Waals surface area contributed by atoms with Crippen LogP contribution >= 0.6 is 0 Å². The normalized spacial score (nSPS) is 11.4. The molecular weight excluding hydrogens is 177 g/mol. The first-order chi connectivity index (χ1) is 4.54. The number of nitrogens with two attached hydrogens (primary N) is 1. The van der Waals surface area contributed by atoms with Crippen LogP contribution in [0.1, 0.15) is 14.3 Å². The van der Waals surface area contributed by atoms with Crippen LogP contribution in [0.25, 0.3) is 0 Å². The summed E-state index contributed by atoms with van der Waals surface area (Å²) in [5.74, 6) is -2.20. The molecule has 0 aliphatic heterocycles. The Balaban J connectivity index is -0.000000405. The monoisotopic (exact) mass is 187 g/mol. The maximum Gasteiger partial charge on any atom is 1.00 e. The summed E-state index contributed by atoms with van der Waals surface area (Å²) >= 11 is 0. The fourth-order valence-corrected chi connectivity index (χ4v) is 0.402. The SMILES string of the molecule is NC(CCC(=O)O)C(=O)O.[H-].[K+]. The van der Waals surface area contributed by atoms with E-state index in [1.165, 1.54) is 0 Å². The molecule has 0 saturated heterocycles. The summed E-state index contributed by atoms with van der Waals surface area (Å²) in [6.07, 6.45) is -0.224. The molecule has 0 aliphatic rings. The van der Waals surface area contributed by atoms with E-state index in [9.17, 15) is 9.59 Å². The number of hydrogen-bond donors (Lipinski definition) is 3. The van der Waals surface area contributed by atoms with Gasteiger partial charge in [0.05, 0.1) is 0 Å². The van der Waals surface area contributed by atoms with E-state index in [4.69, 9.17) is 15.9 Å². The van der Waals surface area contributed by atoms with Crippen molar-refractivity contribution in [2.75, 3.05) is 0 Å². The van der Waals surface area contributed by atoms with Gasteiger partial charge in [-0.2, -0.15) is 0 Å². The van der Waals surface area contributed by atoms with Gasteiger partial charge in [-0.05, 0) is 6.42 Å². The summed E-state index contributed by atoms with van der Waals surface area (Å²) < 4.78 is 0. The van der Waals surface area contributed by atoms with Crippen molar-refractivity contribution < 1.29 is 72.6 Å². The Labute approximate surface area is 108 Å². The molecule has 11 heavy (non-hydrogen) atoms. The van der Waals surface area contributed by atoms with E-state index >= 15 is 0 Å². The Hall–Kier alpha value is 0.536. The van der Waals surface area contributed by atoms with Crippen molar-refractivity contribution in [1.29, 1.82) is 0 Å². The van der Waals surface area contributed by atoms with Crippen molar-refractivity contribution in [3.8, 4) is 0 Å². The maximum atomic E-state index is 9.99. The molecule has 4 N–H and O–H groups in total. The Morgan fingerprint density at radius 1 is 1.45 bits per heavy atom. The molecule has 1 atom stereocenters. The second-order valence-electron chi connectivity index (χ2n) is 1.88. The first-order valence-corrected chi connectivity index (χ1v) is 2.74. The van der Waals surface area contributed by atoms with E-state index < -0.39 is 18.0 Å². The van der Waals surface area contributed by atoms with E-state index in [1.807, 2.05) is 0 Å². The molecule has 0 fully saturated rings. The van der Waals surface area contributed by atoms with Gasteiger partial charge in [0.25, 0.3) is 0 Å². The number of carboxylic acids is 2. The molecular formula is C5H10KNO4. The topological polar surface area (TPSA) is 101 Å². The minimum Gasteiger partial charge on any atom is -1.00 e. The van der Waals surface area contributed by atoms with Crippen LogP contribution in [0.3, 0.4) is 0 Å². The molecule has 0 aromatic carbocycles. The van der Waals surface area contributed by atoms with Crippen LogP contribution in [-0.2, 0) is 9.59 Å². The second kappa shape index (κ2) is 7.20. The average Bonchev–Trinajstić information content (AvgIpc) is 1.82. The summed E-state index contributed by atoms with van der Waals surface area (Å²) in [6.45, 7) is 0. The van der Waals surface area contributed by atoms with Crippen LogP contribution in [0.5, 0.6) is 0 Å². The molecule has 0 rings (SSSR count). The van der Waals surface area contributed by atoms with Gasteiger partial charge in [-0.3, -0.25) is 9.59 Å². The van der Waals surface area contributed by atoms with Crippen LogP contribution < -0.4 is 57.1 Å². The molecule has 1 unspecified atom stereocenters. The molecule has 0 amide bonds. The van der Waals surface area contributed by atoms with Gasteiger partial charge in [-0.1, -0.05) is 0 Å². The molecule has 0 bridgehead atoms. The number of carbonyl (C=O) groups is 2. The van der Waals surface area contributed by atoms with Gasteiger partial charge in [-0.25, -0.2) is 0 Å². The second-order valence-corrected chi connectivity index (χ2v) is 1.88. The van der Waals surface area contributed by atoms with Gasteiger partial charge < -0.3 is 17.4 Å². The van der Waals surface area contributed by atoms with Gasteiger partial charge in [0.15, 0.2) is 0 Å². The summed E-state index contributed by atoms with van der Waals surface area (Å²) in [5.41, 5.74) is 5.00. The maximum absolute atomic E-state index is 9.99. The van der Waals surface area contributed by atoms with Crippen LogP contribution in [0.2, 0.25) is 0 Å². The van der Waals surface area contributed by atoms with E-state index in [-0.39, 0.29) is 65.7 Å². The first-order valence-electron chi connectivity index (χ1n) is 2.74. The molecule has 5 nitrogen and oxygen atoms in total. The molecule has 6 heteroatoms. The third-order valence-electron chi connectivity index (χ3n) is 0.986. The molecule has 0 aromatic rings. The molecule has 0 heterocycles. The van der Waals surface area contributed by atoms with Crippen LogP contribution in [-0.4, -0.2) is 28.2 Å². The van der Waals surface area contributed by atoms with Crippen molar-refractivity contribution in [2.45, 2.75) is 18.9 Å². The quantitative estimate of drug-likeness (QED) is 0.394. The third-order valence-corrected chi connectivity index (χ3v) is 0.986. The van der Waals surface area contributed by atoms with E-state index in [2.05, 4.69) is 0 Å². The van der Waals surface area contributed by atoms with Crippen LogP contribution in [0.15, 0.2) is 0 Å². The van der Waals surface area contributed by atoms with Crippen LogP contribution in [0.4, 0.5) is 0 Å². The van der Waals surface area contributed by atoms with Crippen molar-refractivity contribution in [3.05, 3.63) is 0 Å². The first kappa shape index (κ1) is 14.1. The average molecular weight is 187 g/mol. The van der Waals surface area contributed by atoms with Gasteiger partial charge in [0.2, 0.25) is 0 Å². The fraction of sp³-hybridized carbons (Fsp3) is 0.600. The van der Waals surface area contributed by atoms with Gasteiger partial charge in [0.1, 0.15) is 6.04 Å². The number of rotatable bonds is 4. The Kier molecular flexibility index (Phi) is 9.22. The van der Waals surface area contributed by atoms with Crippen molar-refractivity contribution in [2.24, 2.45) is 5.73 Å². The molecule has 0 aliphatic carbocycles. The predicted octanol–water partition coefficient (Wildman–Crippen LogP) is -3.62. The zero-order valence-corrected chi connectivity index (χ0v) is 9.40. The van der Waals surface area contributed by atoms with E-state index in [0.29, 0.717) is 0 Å². The van der Waals surface area contributed by atoms with Crippen molar-refractivity contribution in [3.63, 3.8) is 0 Å². The largest absolute Gasteiger partial charge is 1.00 e. The minimum absolute atomic E-state index is 0. The molecule has 0 spiro atoms. The van der Waals surface area contributed by atoms with Crippen LogP contribution in [0, 0.1) is 0 Å². The van der Waals surface area contributed by atoms with Crippen molar-refractivity contribution >= 4 is 11.9 Å². The molecule has 0 aromatic heterocycles. The van der Waals surface area contributed by atoms with Gasteiger partial charge in [0, 0.05) is 6.42 Å². The summed E-state index contributed by atoms with van der Waals surface area (Å²) in [6, 6.07) is -1.06. The number of hydrogen-bond acceptors (Lipinski definition) is 3. The zero-order valence-electron chi connectivity index (χ0n) is 7.28. The predicted molar refractivity (Wildman–Crippen MR) is 33.6 cm³/mol. The summed E-state index contributed by atoms with van der Waals surface area (Å²) in [4.78, 5) is 19.9. The fourth-order valence-electron chi connectivity index (χ4n) is 0.402. The number of aliphatic carboxylic acids is 2. The number of carboxylic acid groups (broad SMARTS) is 2. The summed E-state index contributed by atoms with van der Waals surface area (Å²) in [7, 11) is 0. The molecule has 0 radical (unpaired) electrons. The molecule has 0 saturated carbocycles.